The van der Waals surface area contributed by atoms with Crippen molar-refractivity contribution in [1.82, 2.24) is 0 Å². The second-order valence-corrected chi connectivity index (χ2v) is 5.84. The summed E-state index contributed by atoms with van der Waals surface area (Å²) >= 11 is 0. The van der Waals surface area contributed by atoms with Crippen LogP contribution in [-0.2, 0) is 12.8 Å². The van der Waals surface area contributed by atoms with Gasteiger partial charge in [-0.2, -0.15) is 0 Å². The molecule has 1 heteroatoms. The highest BCUT2D eigenvalue weighted by Gasteiger charge is 2.13. The Labute approximate surface area is 112 Å². The lowest BCUT2D eigenvalue weighted by atomic mass is 9.97. The molecule has 18 heavy (non-hydrogen) atoms. The lowest BCUT2D eigenvalue weighted by Gasteiger charge is -2.22. The van der Waals surface area contributed by atoms with E-state index in [2.05, 4.69) is 44.3 Å². The van der Waals surface area contributed by atoms with Crippen LogP contribution < -0.4 is 5.32 Å². The van der Waals surface area contributed by atoms with Crippen LogP contribution in [0.25, 0.3) is 0 Å². The zero-order valence-electron chi connectivity index (χ0n) is 12.1. The smallest absolute Gasteiger partial charge is 0.0345 e. The number of rotatable bonds is 6. The molecule has 0 fully saturated rings. The predicted molar refractivity (Wildman–Crippen MR) is 80.2 cm³/mol. The summed E-state index contributed by atoms with van der Waals surface area (Å²) in [6.07, 6.45) is 7.66. The van der Waals surface area contributed by atoms with E-state index in [1.807, 2.05) is 0 Å². The van der Waals surface area contributed by atoms with E-state index >= 15 is 0 Å². The number of fused-ring (bicyclic) bond motifs is 1. The number of hydrogen-bond acceptors (Lipinski definition) is 1. The largest absolute Gasteiger partial charge is 0.382 e. The minimum absolute atomic E-state index is 0.624. The van der Waals surface area contributed by atoms with Gasteiger partial charge in [-0.1, -0.05) is 33.3 Å². The first kappa shape index (κ1) is 13.5. The van der Waals surface area contributed by atoms with E-state index in [-0.39, 0.29) is 0 Å². The van der Waals surface area contributed by atoms with E-state index in [0.29, 0.717) is 6.04 Å². The molecule has 0 amide bonds. The monoisotopic (exact) mass is 245 g/mol. The lowest BCUT2D eigenvalue weighted by Crippen LogP contribution is -2.21. The fraction of sp³-hybridized carbons (Fsp3) is 0.647. The van der Waals surface area contributed by atoms with Gasteiger partial charge in [0.2, 0.25) is 0 Å². The Balaban J connectivity index is 1.98. The van der Waals surface area contributed by atoms with Gasteiger partial charge in [0.15, 0.2) is 0 Å². The summed E-state index contributed by atoms with van der Waals surface area (Å²) in [5.41, 5.74) is 4.46. The van der Waals surface area contributed by atoms with Gasteiger partial charge in [0.1, 0.15) is 0 Å². The summed E-state index contributed by atoms with van der Waals surface area (Å²) in [5, 5.41) is 3.72. The van der Waals surface area contributed by atoms with Crippen LogP contribution in [0.2, 0.25) is 0 Å². The summed E-state index contributed by atoms with van der Waals surface area (Å²) in [7, 11) is 0. The maximum absolute atomic E-state index is 3.72. The van der Waals surface area contributed by atoms with Crippen molar-refractivity contribution >= 4 is 5.69 Å². The van der Waals surface area contributed by atoms with Crippen LogP contribution in [0.3, 0.4) is 0 Å². The predicted octanol–water partition coefficient (Wildman–Crippen LogP) is 4.80. The molecule has 2 atom stereocenters. The minimum Gasteiger partial charge on any atom is -0.382 e. The summed E-state index contributed by atoms with van der Waals surface area (Å²) in [4.78, 5) is 0. The molecule has 2 unspecified atom stereocenters. The molecule has 0 heterocycles. The van der Waals surface area contributed by atoms with Crippen molar-refractivity contribution in [2.24, 2.45) is 5.92 Å². The molecule has 0 saturated carbocycles. The van der Waals surface area contributed by atoms with Crippen molar-refractivity contribution in [3.8, 4) is 0 Å². The van der Waals surface area contributed by atoms with Crippen molar-refractivity contribution in [2.75, 3.05) is 5.32 Å². The SMILES string of the molecule is CCC(C)CC(CC)Nc1ccc2c(c1)CCC2. The summed E-state index contributed by atoms with van der Waals surface area (Å²) in [5.74, 6) is 0.817. The minimum atomic E-state index is 0.624. The Morgan fingerprint density at radius 3 is 2.61 bits per heavy atom. The fourth-order valence-corrected chi connectivity index (χ4v) is 2.88. The van der Waals surface area contributed by atoms with E-state index in [1.54, 1.807) is 11.1 Å². The van der Waals surface area contributed by atoms with Crippen molar-refractivity contribution in [3.05, 3.63) is 29.3 Å². The molecule has 0 aliphatic heterocycles. The third kappa shape index (κ3) is 3.28. The van der Waals surface area contributed by atoms with E-state index < -0.39 is 0 Å². The summed E-state index contributed by atoms with van der Waals surface area (Å²) in [6, 6.07) is 7.59. The van der Waals surface area contributed by atoms with Crippen LogP contribution in [0.4, 0.5) is 5.69 Å². The Morgan fingerprint density at radius 2 is 1.89 bits per heavy atom. The van der Waals surface area contributed by atoms with Gasteiger partial charge in [0.25, 0.3) is 0 Å². The first-order valence-electron chi connectivity index (χ1n) is 7.61. The van der Waals surface area contributed by atoms with Crippen molar-refractivity contribution < 1.29 is 0 Å². The first-order valence-corrected chi connectivity index (χ1v) is 7.61. The maximum Gasteiger partial charge on any atom is 0.0345 e. The molecule has 1 aromatic carbocycles. The molecule has 0 aromatic heterocycles. The third-order valence-corrected chi connectivity index (χ3v) is 4.35. The molecule has 1 nitrogen and oxygen atoms in total. The van der Waals surface area contributed by atoms with Gasteiger partial charge in [-0.3, -0.25) is 0 Å². The fourth-order valence-electron chi connectivity index (χ4n) is 2.88. The molecular weight excluding hydrogens is 218 g/mol. The molecule has 1 aromatic rings. The van der Waals surface area contributed by atoms with Crippen LogP contribution in [0.15, 0.2) is 18.2 Å². The van der Waals surface area contributed by atoms with Gasteiger partial charge in [-0.05, 0) is 61.3 Å². The quantitative estimate of drug-likeness (QED) is 0.759. The molecular formula is C17H27N. The number of anilines is 1. The van der Waals surface area contributed by atoms with Gasteiger partial charge in [-0.25, -0.2) is 0 Å². The van der Waals surface area contributed by atoms with Crippen LogP contribution in [0, 0.1) is 5.92 Å². The standard InChI is InChI=1S/C17H27N/c1-4-13(3)11-16(5-2)18-17-10-9-14-7-6-8-15(14)12-17/h9-10,12-13,16,18H,4-8,11H2,1-3H3. The zero-order valence-corrected chi connectivity index (χ0v) is 12.1. The van der Waals surface area contributed by atoms with Crippen molar-refractivity contribution in [1.29, 1.82) is 0 Å². The number of nitrogens with one attached hydrogen (secondary N) is 1. The van der Waals surface area contributed by atoms with Gasteiger partial charge in [0.05, 0.1) is 0 Å². The van der Waals surface area contributed by atoms with E-state index in [4.69, 9.17) is 0 Å². The van der Waals surface area contributed by atoms with Crippen LogP contribution >= 0.6 is 0 Å². The third-order valence-electron chi connectivity index (χ3n) is 4.35. The number of hydrogen-bond donors (Lipinski definition) is 1. The molecule has 0 bridgehead atoms. The average molecular weight is 245 g/mol. The maximum atomic E-state index is 3.72. The molecule has 0 spiro atoms. The Bertz CT molecular complexity index is 383. The van der Waals surface area contributed by atoms with Crippen molar-refractivity contribution in [3.63, 3.8) is 0 Å². The second kappa shape index (κ2) is 6.26. The second-order valence-electron chi connectivity index (χ2n) is 5.84. The van der Waals surface area contributed by atoms with Gasteiger partial charge in [-0.15, -0.1) is 0 Å². The number of aryl methyl sites for hydroxylation is 2. The molecule has 0 saturated heterocycles. The molecule has 100 valence electrons. The Morgan fingerprint density at radius 1 is 1.11 bits per heavy atom. The van der Waals surface area contributed by atoms with Gasteiger partial charge >= 0.3 is 0 Å². The number of benzene rings is 1. The highest BCUT2D eigenvalue weighted by Crippen LogP contribution is 2.26. The zero-order chi connectivity index (χ0) is 13.0. The topological polar surface area (TPSA) is 12.0 Å². The van der Waals surface area contributed by atoms with Crippen LogP contribution in [0.1, 0.15) is 57.6 Å². The van der Waals surface area contributed by atoms with E-state index in [1.165, 1.54) is 44.2 Å². The summed E-state index contributed by atoms with van der Waals surface area (Å²) < 4.78 is 0. The Kier molecular flexibility index (Phi) is 4.68. The first-order chi connectivity index (χ1) is 8.72. The summed E-state index contributed by atoms with van der Waals surface area (Å²) in [6.45, 7) is 6.92. The normalized spacial score (nSPS) is 17.3. The van der Waals surface area contributed by atoms with E-state index in [9.17, 15) is 0 Å². The van der Waals surface area contributed by atoms with Crippen LogP contribution in [0.5, 0.6) is 0 Å². The molecule has 1 aliphatic rings. The van der Waals surface area contributed by atoms with Gasteiger partial charge < -0.3 is 5.32 Å². The van der Waals surface area contributed by atoms with Crippen molar-refractivity contribution in [2.45, 2.75) is 65.3 Å². The molecule has 0 radical (unpaired) electrons. The van der Waals surface area contributed by atoms with Crippen LogP contribution in [-0.4, -0.2) is 6.04 Å². The average Bonchev–Trinajstić information content (AvgIpc) is 2.85. The lowest BCUT2D eigenvalue weighted by molar-refractivity contribution is 0.462. The van der Waals surface area contributed by atoms with E-state index in [0.717, 1.165) is 5.92 Å². The Hall–Kier alpha value is -0.980. The highest BCUT2D eigenvalue weighted by atomic mass is 14.9. The molecule has 1 N–H and O–H groups in total. The molecule has 1 aliphatic carbocycles. The highest BCUT2D eigenvalue weighted by molar-refractivity contribution is 5.50. The van der Waals surface area contributed by atoms with Gasteiger partial charge in [0, 0.05) is 11.7 Å². The molecule has 2 rings (SSSR count).